The van der Waals surface area contributed by atoms with Crippen LogP contribution in [0.3, 0.4) is 0 Å². The molecule has 1 unspecified atom stereocenters. The Morgan fingerprint density at radius 1 is 1.00 bits per heavy atom. The van der Waals surface area contributed by atoms with E-state index in [-0.39, 0.29) is 0 Å². The summed E-state index contributed by atoms with van der Waals surface area (Å²) < 4.78 is 4.33. The molecule has 0 saturated heterocycles. The minimum Gasteiger partial charge on any atom is -0.390 e. The molecule has 0 amide bonds. The van der Waals surface area contributed by atoms with Gasteiger partial charge in [0.05, 0.1) is 12.6 Å². The van der Waals surface area contributed by atoms with Crippen molar-refractivity contribution in [3.05, 3.63) is 45.3 Å². The average molecular weight is 426 g/mol. The lowest BCUT2D eigenvalue weighted by Gasteiger charge is -2.18. The molecule has 0 fully saturated rings. The summed E-state index contributed by atoms with van der Waals surface area (Å²) in [5, 5.41) is 12.7. The van der Waals surface area contributed by atoms with E-state index in [1.165, 1.54) is 10.8 Å². The Balaban J connectivity index is 2.18. The lowest BCUT2D eigenvalue weighted by atomic mass is 10.2. The monoisotopic (exact) mass is 424 g/mol. The van der Waals surface area contributed by atoms with Crippen LogP contribution in [0.4, 0.5) is 0 Å². The van der Waals surface area contributed by atoms with Crippen molar-refractivity contribution in [2.24, 2.45) is 0 Å². The van der Waals surface area contributed by atoms with Gasteiger partial charge in [-0.25, -0.2) is 0 Å². The van der Waals surface area contributed by atoms with Crippen LogP contribution in [0.1, 0.15) is 0 Å². The lowest BCUT2D eigenvalue weighted by molar-refractivity contribution is 0.122. The first-order chi connectivity index (χ1) is 10.5. The summed E-state index contributed by atoms with van der Waals surface area (Å²) in [4.78, 5) is 2.01. The van der Waals surface area contributed by atoms with Gasteiger partial charge < -0.3 is 14.6 Å². The van der Waals surface area contributed by atoms with Crippen molar-refractivity contribution in [1.82, 2.24) is 9.47 Å². The van der Waals surface area contributed by atoms with Crippen molar-refractivity contribution >= 4 is 53.7 Å². The maximum atomic E-state index is 10.3. The van der Waals surface area contributed by atoms with E-state index < -0.39 is 6.10 Å². The highest BCUT2D eigenvalue weighted by atomic mass is 79.9. The molecule has 3 rings (SSSR count). The van der Waals surface area contributed by atoms with Gasteiger partial charge in [-0.1, -0.05) is 31.9 Å². The van der Waals surface area contributed by atoms with Crippen molar-refractivity contribution in [3.63, 3.8) is 0 Å². The van der Waals surface area contributed by atoms with E-state index in [1.54, 1.807) is 0 Å². The summed E-state index contributed by atoms with van der Waals surface area (Å²) >= 11 is 7.10. The Morgan fingerprint density at radius 2 is 1.50 bits per heavy atom. The molecule has 3 aromatic rings. The van der Waals surface area contributed by atoms with E-state index in [0.29, 0.717) is 13.1 Å². The molecule has 1 N–H and O–H groups in total. The second-order valence-corrected chi connectivity index (χ2v) is 7.68. The van der Waals surface area contributed by atoms with E-state index in [0.717, 1.165) is 20.0 Å². The van der Waals surface area contributed by atoms with Crippen LogP contribution in [-0.4, -0.2) is 41.3 Å². The molecule has 0 aliphatic heterocycles. The summed E-state index contributed by atoms with van der Waals surface area (Å²) in [6.07, 6.45) is -0.402. The zero-order chi connectivity index (χ0) is 15.9. The van der Waals surface area contributed by atoms with Gasteiger partial charge in [0.1, 0.15) is 0 Å². The molecule has 0 radical (unpaired) electrons. The first-order valence-electron chi connectivity index (χ1n) is 7.15. The number of halogens is 2. The fourth-order valence-electron chi connectivity index (χ4n) is 2.94. The first kappa shape index (κ1) is 16.0. The number of benzene rings is 2. The number of fused-ring (bicyclic) bond motifs is 3. The maximum absolute atomic E-state index is 10.3. The van der Waals surface area contributed by atoms with Gasteiger partial charge in [-0.05, 0) is 50.5 Å². The van der Waals surface area contributed by atoms with Gasteiger partial charge in [-0.15, -0.1) is 0 Å². The molecule has 0 aliphatic rings. The highest BCUT2D eigenvalue weighted by Crippen LogP contribution is 2.33. The Kier molecular flexibility index (Phi) is 4.59. The number of nitrogens with zero attached hydrogens (tertiary/aromatic N) is 2. The normalized spacial score (nSPS) is 13.4. The number of aliphatic hydroxyl groups excluding tert-OH is 1. The minimum absolute atomic E-state index is 0.402. The third-order valence-electron chi connectivity index (χ3n) is 3.76. The molecule has 0 aliphatic carbocycles. The first-order valence-corrected chi connectivity index (χ1v) is 8.74. The topological polar surface area (TPSA) is 28.4 Å². The predicted octanol–water partition coefficient (Wildman–Crippen LogP) is 4.24. The van der Waals surface area contributed by atoms with Crippen molar-refractivity contribution in [3.8, 4) is 0 Å². The minimum atomic E-state index is -0.402. The predicted molar refractivity (Wildman–Crippen MR) is 99.4 cm³/mol. The van der Waals surface area contributed by atoms with Crippen LogP contribution in [0.5, 0.6) is 0 Å². The van der Waals surface area contributed by atoms with Gasteiger partial charge in [0, 0.05) is 37.3 Å². The molecular weight excluding hydrogens is 408 g/mol. The van der Waals surface area contributed by atoms with Crippen LogP contribution in [0, 0.1) is 0 Å². The molecule has 1 aromatic heterocycles. The van der Waals surface area contributed by atoms with Gasteiger partial charge in [0.2, 0.25) is 0 Å². The quantitative estimate of drug-likeness (QED) is 0.676. The molecule has 3 nitrogen and oxygen atoms in total. The molecular formula is C17H18Br2N2O. The van der Waals surface area contributed by atoms with Gasteiger partial charge in [-0.2, -0.15) is 0 Å². The average Bonchev–Trinajstić information content (AvgIpc) is 2.71. The van der Waals surface area contributed by atoms with Crippen molar-refractivity contribution < 1.29 is 5.11 Å². The van der Waals surface area contributed by atoms with Crippen LogP contribution in [0.15, 0.2) is 45.3 Å². The van der Waals surface area contributed by atoms with Gasteiger partial charge in [0.25, 0.3) is 0 Å². The molecule has 1 heterocycles. The molecule has 0 spiro atoms. The second-order valence-electron chi connectivity index (χ2n) is 5.85. The summed E-state index contributed by atoms with van der Waals surface area (Å²) in [7, 11) is 3.95. The summed E-state index contributed by atoms with van der Waals surface area (Å²) in [6.45, 7) is 1.23. The Hall–Kier alpha value is -0.880. The number of hydrogen-bond donors (Lipinski definition) is 1. The smallest absolute Gasteiger partial charge is 0.0845 e. The largest absolute Gasteiger partial charge is 0.390 e. The molecule has 2 aromatic carbocycles. The van der Waals surface area contributed by atoms with Crippen molar-refractivity contribution in [2.75, 3.05) is 20.6 Å². The number of hydrogen-bond acceptors (Lipinski definition) is 2. The molecule has 22 heavy (non-hydrogen) atoms. The summed E-state index contributed by atoms with van der Waals surface area (Å²) in [6, 6.07) is 12.6. The molecule has 5 heteroatoms. The van der Waals surface area contributed by atoms with Gasteiger partial charge >= 0.3 is 0 Å². The third kappa shape index (κ3) is 3.08. The van der Waals surface area contributed by atoms with Crippen LogP contribution in [-0.2, 0) is 6.54 Å². The van der Waals surface area contributed by atoms with E-state index in [1.807, 2.05) is 31.1 Å². The Bertz CT molecular complexity index is 767. The Morgan fingerprint density at radius 3 is 1.95 bits per heavy atom. The second kappa shape index (κ2) is 6.32. The van der Waals surface area contributed by atoms with Crippen LogP contribution in [0.2, 0.25) is 0 Å². The van der Waals surface area contributed by atoms with Crippen LogP contribution in [0.25, 0.3) is 21.8 Å². The van der Waals surface area contributed by atoms with E-state index in [2.05, 4.69) is 60.7 Å². The number of aromatic nitrogens is 1. The number of likely N-dealkylation sites (N-methyl/N-ethyl adjacent to an activating group) is 1. The summed E-state index contributed by atoms with van der Waals surface area (Å²) in [5.74, 6) is 0. The van der Waals surface area contributed by atoms with Crippen molar-refractivity contribution in [2.45, 2.75) is 12.6 Å². The van der Waals surface area contributed by atoms with E-state index in [4.69, 9.17) is 0 Å². The number of rotatable bonds is 4. The van der Waals surface area contributed by atoms with Crippen molar-refractivity contribution in [1.29, 1.82) is 0 Å². The fourth-order valence-corrected chi connectivity index (χ4v) is 3.66. The SMILES string of the molecule is CN(C)CC(O)Cn1c2ccc(Br)cc2c2cc(Br)ccc21. The Labute approximate surface area is 146 Å². The lowest BCUT2D eigenvalue weighted by Crippen LogP contribution is -2.29. The zero-order valence-corrected chi connectivity index (χ0v) is 15.7. The molecule has 116 valence electrons. The number of aliphatic hydroxyl groups is 1. The zero-order valence-electron chi connectivity index (χ0n) is 12.6. The third-order valence-corrected chi connectivity index (χ3v) is 4.74. The maximum Gasteiger partial charge on any atom is 0.0845 e. The van der Waals surface area contributed by atoms with Crippen LogP contribution < -0.4 is 0 Å². The van der Waals surface area contributed by atoms with Gasteiger partial charge in [-0.3, -0.25) is 0 Å². The summed E-state index contributed by atoms with van der Waals surface area (Å²) in [5.41, 5.74) is 2.29. The van der Waals surface area contributed by atoms with Crippen LogP contribution >= 0.6 is 31.9 Å². The molecule has 0 bridgehead atoms. The molecule has 1 atom stereocenters. The van der Waals surface area contributed by atoms with E-state index >= 15 is 0 Å². The highest BCUT2D eigenvalue weighted by molar-refractivity contribution is 9.10. The van der Waals surface area contributed by atoms with E-state index in [9.17, 15) is 5.11 Å². The fraction of sp³-hybridized carbons (Fsp3) is 0.294. The van der Waals surface area contributed by atoms with Gasteiger partial charge in [0.15, 0.2) is 0 Å². The highest BCUT2D eigenvalue weighted by Gasteiger charge is 2.14. The molecule has 0 saturated carbocycles. The standard InChI is InChI=1S/C17H18Br2N2O/c1-20(2)9-13(22)10-21-16-5-3-11(18)7-14(16)15-8-12(19)4-6-17(15)21/h3-8,13,22H,9-10H2,1-2H3.